The van der Waals surface area contributed by atoms with Crippen molar-refractivity contribution in [2.24, 2.45) is 5.73 Å². The molecule has 3 heteroatoms. The molecule has 0 aliphatic rings. The van der Waals surface area contributed by atoms with E-state index in [1.165, 1.54) is 0 Å². The van der Waals surface area contributed by atoms with Crippen LogP contribution in [-0.2, 0) is 0 Å². The highest BCUT2D eigenvalue weighted by molar-refractivity contribution is 6.31. The van der Waals surface area contributed by atoms with E-state index in [-0.39, 0.29) is 11.8 Å². The highest BCUT2D eigenvalue weighted by Gasteiger charge is 2.08. The summed E-state index contributed by atoms with van der Waals surface area (Å²) in [6.45, 7) is 3.65. The van der Waals surface area contributed by atoms with Gasteiger partial charge < -0.3 is 10.8 Å². The van der Waals surface area contributed by atoms with Gasteiger partial charge in [-0.2, -0.15) is 0 Å². The van der Waals surface area contributed by atoms with Crippen LogP contribution in [0.5, 0.6) is 5.75 Å². The fourth-order valence-electron chi connectivity index (χ4n) is 1.05. The molecule has 0 aromatic heterocycles. The largest absolute Gasteiger partial charge is 0.508 e. The lowest BCUT2D eigenvalue weighted by molar-refractivity contribution is 0.463. The van der Waals surface area contributed by atoms with Crippen LogP contribution in [0.15, 0.2) is 12.1 Å². The van der Waals surface area contributed by atoms with E-state index in [2.05, 4.69) is 0 Å². The standard InChI is InChI=1S/C9H12ClNO/c1-5-3-9(12)7(6(2)11)4-8(5)10/h3-4,6,12H,11H2,1-2H3/t6-/m1/s1. The van der Waals surface area contributed by atoms with Crippen molar-refractivity contribution < 1.29 is 5.11 Å². The number of benzene rings is 1. The minimum absolute atomic E-state index is 0.192. The molecule has 0 bridgehead atoms. The molecule has 3 N–H and O–H groups in total. The maximum Gasteiger partial charge on any atom is 0.120 e. The van der Waals surface area contributed by atoms with Crippen molar-refractivity contribution in [3.8, 4) is 5.75 Å². The van der Waals surface area contributed by atoms with Crippen molar-refractivity contribution in [2.75, 3.05) is 0 Å². The summed E-state index contributed by atoms with van der Waals surface area (Å²) in [6.07, 6.45) is 0. The molecule has 66 valence electrons. The summed E-state index contributed by atoms with van der Waals surface area (Å²) >= 11 is 5.86. The Labute approximate surface area is 77.0 Å². The minimum atomic E-state index is -0.192. The second-order valence-corrected chi connectivity index (χ2v) is 3.36. The van der Waals surface area contributed by atoms with Gasteiger partial charge in [0.1, 0.15) is 5.75 Å². The van der Waals surface area contributed by atoms with Crippen molar-refractivity contribution >= 4 is 11.6 Å². The molecule has 0 spiro atoms. The van der Waals surface area contributed by atoms with Crippen LogP contribution in [0.25, 0.3) is 0 Å². The number of nitrogens with two attached hydrogens (primary N) is 1. The fourth-order valence-corrected chi connectivity index (χ4v) is 1.22. The van der Waals surface area contributed by atoms with Crippen LogP contribution in [0.1, 0.15) is 24.1 Å². The van der Waals surface area contributed by atoms with Crippen molar-refractivity contribution in [3.05, 3.63) is 28.3 Å². The molecule has 2 nitrogen and oxygen atoms in total. The van der Waals surface area contributed by atoms with Crippen LogP contribution in [0.2, 0.25) is 5.02 Å². The zero-order valence-electron chi connectivity index (χ0n) is 7.13. The second kappa shape index (κ2) is 3.33. The third-order valence-corrected chi connectivity index (χ3v) is 2.21. The minimum Gasteiger partial charge on any atom is -0.508 e. The van der Waals surface area contributed by atoms with Crippen molar-refractivity contribution in [1.29, 1.82) is 0 Å². The highest BCUT2D eigenvalue weighted by atomic mass is 35.5. The smallest absolute Gasteiger partial charge is 0.120 e. The summed E-state index contributed by atoms with van der Waals surface area (Å²) in [6, 6.07) is 3.14. The topological polar surface area (TPSA) is 46.2 Å². The number of aromatic hydroxyl groups is 1. The summed E-state index contributed by atoms with van der Waals surface area (Å²) in [7, 11) is 0. The van der Waals surface area contributed by atoms with Gasteiger partial charge in [0, 0.05) is 16.6 Å². The molecule has 0 saturated carbocycles. The summed E-state index contributed by atoms with van der Waals surface area (Å²) in [5, 5.41) is 10.1. The molecule has 0 fully saturated rings. The van der Waals surface area contributed by atoms with Gasteiger partial charge in [0.25, 0.3) is 0 Å². The highest BCUT2D eigenvalue weighted by Crippen LogP contribution is 2.28. The Morgan fingerprint density at radius 2 is 2.08 bits per heavy atom. The number of rotatable bonds is 1. The van der Waals surface area contributed by atoms with Gasteiger partial charge in [-0.15, -0.1) is 0 Å². The first-order chi connectivity index (χ1) is 5.52. The van der Waals surface area contributed by atoms with Gasteiger partial charge in [-0.1, -0.05) is 11.6 Å². The normalized spacial score (nSPS) is 13.0. The quantitative estimate of drug-likeness (QED) is 0.706. The van der Waals surface area contributed by atoms with Gasteiger partial charge in [0.05, 0.1) is 0 Å². The Balaban J connectivity index is 3.23. The molecule has 0 aliphatic carbocycles. The second-order valence-electron chi connectivity index (χ2n) is 2.95. The van der Waals surface area contributed by atoms with E-state index < -0.39 is 0 Å². The summed E-state index contributed by atoms with van der Waals surface area (Å²) in [4.78, 5) is 0. The van der Waals surface area contributed by atoms with Crippen LogP contribution in [0, 0.1) is 6.92 Å². The average Bonchev–Trinajstić information content (AvgIpc) is 1.96. The molecule has 0 heterocycles. The molecule has 12 heavy (non-hydrogen) atoms. The number of aryl methyl sites for hydroxylation is 1. The van der Waals surface area contributed by atoms with Gasteiger partial charge in [0.2, 0.25) is 0 Å². The molecule has 0 aliphatic heterocycles. The van der Waals surface area contributed by atoms with E-state index >= 15 is 0 Å². The van der Waals surface area contributed by atoms with E-state index in [1.807, 2.05) is 6.92 Å². The predicted octanol–water partition coefficient (Wildman–Crippen LogP) is 2.37. The number of phenols is 1. The molecular formula is C9H12ClNO. The Bertz CT molecular complexity index is 297. The van der Waals surface area contributed by atoms with Crippen LogP contribution in [0.4, 0.5) is 0 Å². The number of phenolic OH excluding ortho intramolecular Hbond substituents is 1. The van der Waals surface area contributed by atoms with Crippen molar-refractivity contribution in [3.63, 3.8) is 0 Å². The Morgan fingerprint density at radius 3 is 2.58 bits per heavy atom. The maximum atomic E-state index is 9.45. The predicted molar refractivity (Wildman–Crippen MR) is 50.5 cm³/mol. The van der Waals surface area contributed by atoms with E-state index in [9.17, 15) is 5.11 Å². The summed E-state index contributed by atoms with van der Waals surface area (Å²) in [5.41, 5.74) is 7.16. The third-order valence-electron chi connectivity index (χ3n) is 1.80. The lowest BCUT2D eigenvalue weighted by atomic mass is 10.1. The molecule has 0 saturated heterocycles. The Hall–Kier alpha value is -0.730. The molecule has 0 amide bonds. The first-order valence-electron chi connectivity index (χ1n) is 3.77. The lowest BCUT2D eigenvalue weighted by Crippen LogP contribution is -2.05. The summed E-state index contributed by atoms with van der Waals surface area (Å²) < 4.78 is 0. The molecule has 1 aromatic rings. The lowest BCUT2D eigenvalue weighted by Gasteiger charge is -2.09. The molecular weight excluding hydrogens is 174 g/mol. The first kappa shape index (κ1) is 9.36. The van der Waals surface area contributed by atoms with E-state index in [4.69, 9.17) is 17.3 Å². The van der Waals surface area contributed by atoms with E-state index in [1.54, 1.807) is 19.1 Å². The zero-order valence-corrected chi connectivity index (χ0v) is 7.89. The van der Waals surface area contributed by atoms with Crippen LogP contribution < -0.4 is 5.73 Å². The average molecular weight is 186 g/mol. The third kappa shape index (κ3) is 1.71. The fraction of sp³-hybridized carbons (Fsp3) is 0.333. The van der Waals surface area contributed by atoms with Crippen molar-refractivity contribution in [2.45, 2.75) is 19.9 Å². The zero-order chi connectivity index (χ0) is 9.30. The Morgan fingerprint density at radius 1 is 1.50 bits per heavy atom. The number of hydrogen-bond donors (Lipinski definition) is 2. The number of halogens is 1. The molecule has 1 atom stereocenters. The molecule has 1 rings (SSSR count). The molecule has 1 aromatic carbocycles. The maximum absolute atomic E-state index is 9.45. The van der Waals surface area contributed by atoms with Crippen LogP contribution in [-0.4, -0.2) is 5.11 Å². The summed E-state index contributed by atoms with van der Waals surface area (Å²) in [5.74, 6) is 0.215. The SMILES string of the molecule is Cc1cc(O)c([C@@H](C)N)cc1Cl. The van der Waals surface area contributed by atoms with E-state index in [0.717, 1.165) is 5.56 Å². The van der Waals surface area contributed by atoms with Gasteiger partial charge in [0.15, 0.2) is 0 Å². The first-order valence-corrected chi connectivity index (χ1v) is 4.14. The van der Waals surface area contributed by atoms with Gasteiger partial charge >= 0.3 is 0 Å². The Kier molecular flexibility index (Phi) is 2.60. The van der Waals surface area contributed by atoms with Crippen LogP contribution >= 0.6 is 11.6 Å². The van der Waals surface area contributed by atoms with Gasteiger partial charge in [-0.05, 0) is 31.5 Å². The number of hydrogen-bond acceptors (Lipinski definition) is 2. The monoisotopic (exact) mass is 185 g/mol. The van der Waals surface area contributed by atoms with Gasteiger partial charge in [-0.25, -0.2) is 0 Å². The van der Waals surface area contributed by atoms with Gasteiger partial charge in [-0.3, -0.25) is 0 Å². The molecule has 0 unspecified atom stereocenters. The van der Waals surface area contributed by atoms with Crippen molar-refractivity contribution in [1.82, 2.24) is 0 Å². The van der Waals surface area contributed by atoms with Crippen LogP contribution in [0.3, 0.4) is 0 Å². The molecule has 0 radical (unpaired) electrons. The van der Waals surface area contributed by atoms with E-state index in [0.29, 0.717) is 10.6 Å².